The van der Waals surface area contributed by atoms with E-state index in [0.717, 1.165) is 34.0 Å². The highest BCUT2D eigenvalue weighted by atomic mass is 16.5. The molecule has 0 aliphatic heterocycles. The number of nitrogens with two attached hydrogens (primary N) is 1. The number of aromatic nitrogens is 2. The second-order valence-electron chi connectivity index (χ2n) is 6.65. The summed E-state index contributed by atoms with van der Waals surface area (Å²) in [6.07, 6.45) is 1.68. The molecule has 3 rings (SSSR count). The van der Waals surface area contributed by atoms with Crippen LogP contribution in [0.5, 0.6) is 11.5 Å². The number of benzene rings is 2. The highest BCUT2D eigenvalue weighted by Gasteiger charge is 2.17. The average molecular weight is 378 g/mol. The number of hydrogen-bond donors (Lipinski definition) is 1. The Hall–Kier alpha value is -3.12. The Bertz CT molecular complexity index is 830. The summed E-state index contributed by atoms with van der Waals surface area (Å²) in [5.41, 5.74) is 9.45. The highest BCUT2D eigenvalue weighted by molar-refractivity contribution is 5.49. The van der Waals surface area contributed by atoms with Crippen LogP contribution in [-0.4, -0.2) is 24.4 Å². The van der Waals surface area contributed by atoms with E-state index in [0.29, 0.717) is 13.1 Å². The molecule has 1 atom stereocenters. The Labute approximate surface area is 165 Å². The Kier molecular flexibility index (Phi) is 6.45. The molecule has 0 radical (unpaired) electrons. The smallest absolute Gasteiger partial charge is 0.156 e. The number of hydrogen-bond acceptors (Lipinski definition) is 6. The zero-order chi connectivity index (χ0) is 19.9. The molecule has 146 valence electrons. The van der Waals surface area contributed by atoms with Gasteiger partial charge in [0.2, 0.25) is 0 Å². The van der Waals surface area contributed by atoms with Crippen LogP contribution in [0.1, 0.15) is 29.7 Å². The van der Waals surface area contributed by atoms with Crippen LogP contribution in [0.4, 0.5) is 5.82 Å². The number of nitrogens with zero attached hydrogens (tertiary/aromatic N) is 3. The van der Waals surface area contributed by atoms with Crippen LogP contribution in [-0.2, 0) is 13.1 Å². The molecule has 0 saturated heterocycles. The molecule has 1 aromatic heterocycles. The second kappa shape index (κ2) is 9.19. The van der Waals surface area contributed by atoms with Gasteiger partial charge in [0.15, 0.2) is 5.82 Å². The van der Waals surface area contributed by atoms with Crippen LogP contribution >= 0.6 is 0 Å². The summed E-state index contributed by atoms with van der Waals surface area (Å²) in [5.74, 6) is 2.46. The van der Waals surface area contributed by atoms with Gasteiger partial charge in [-0.25, -0.2) is 0 Å². The van der Waals surface area contributed by atoms with Crippen molar-refractivity contribution in [1.29, 1.82) is 0 Å². The molecular formula is C22H26N4O2. The maximum atomic E-state index is 6.19. The molecule has 0 spiro atoms. The van der Waals surface area contributed by atoms with Gasteiger partial charge in [-0.2, -0.15) is 5.10 Å². The molecule has 1 heterocycles. The van der Waals surface area contributed by atoms with Crippen LogP contribution in [0.25, 0.3) is 0 Å². The lowest BCUT2D eigenvalue weighted by Crippen LogP contribution is -2.26. The van der Waals surface area contributed by atoms with Gasteiger partial charge in [0, 0.05) is 24.7 Å². The van der Waals surface area contributed by atoms with E-state index in [2.05, 4.69) is 39.4 Å². The lowest BCUT2D eigenvalue weighted by atomic mass is 10.1. The minimum atomic E-state index is -0.139. The summed E-state index contributed by atoms with van der Waals surface area (Å²) < 4.78 is 10.5. The zero-order valence-corrected chi connectivity index (χ0v) is 16.5. The number of methoxy groups -OCH3 is 2. The summed E-state index contributed by atoms with van der Waals surface area (Å²) in [6.45, 7) is 3.31. The van der Waals surface area contributed by atoms with Crippen LogP contribution in [0, 0.1) is 0 Å². The monoisotopic (exact) mass is 378 g/mol. The van der Waals surface area contributed by atoms with E-state index >= 15 is 0 Å². The Balaban J connectivity index is 1.92. The van der Waals surface area contributed by atoms with E-state index in [1.54, 1.807) is 20.4 Å². The first kappa shape index (κ1) is 19.6. The first-order valence-electron chi connectivity index (χ1n) is 9.18. The number of anilines is 1. The maximum absolute atomic E-state index is 6.19. The van der Waals surface area contributed by atoms with Gasteiger partial charge in [0.25, 0.3) is 0 Å². The van der Waals surface area contributed by atoms with Gasteiger partial charge >= 0.3 is 0 Å². The van der Waals surface area contributed by atoms with E-state index in [-0.39, 0.29) is 6.04 Å². The molecule has 0 fully saturated rings. The number of ether oxygens (including phenoxy) is 2. The van der Waals surface area contributed by atoms with E-state index in [4.69, 9.17) is 15.2 Å². The maximum Gasteiger partial charge on any atom is 0.156 e. The van der Waals surface area contributed by atoms with Crippen LogP contribution in [0.15, 0.2) is 60.8 Å². The predicted molar refractivity (Wildman–Crippen MR) is 111 cm³/mol. The summed E-state index contributed by atoms with van der Waals surface area (Å²) in [4.78, 5) is 2.19. The van der Waals surface area contributed by atoms with Crippen molar-refractivity contribution in [2.75, 3.05) is 19.1 Å². The minimum absolute atomic E-state index is 0.139. The fourth-order valence-electron chi connectivity index (χ4n) is 3.04. The molecule has 28 heavy (non-hydrogen) atoms. The predicted octanol–water partition coefficient (Wildman–Crippen LogP) is 3.72. The van der Waals surface area contributed by atoms with Gasteiger partial charge in [-0.3, -0.25) is 0 Å². The average Bonchev–Trinajstić information content (AvgIpc) is 2.74. The summed E-state index contributed by atoms with van der Waals surface area (Å²) in [5, 5.41) is 8.51. The minimum Gasteiger partial charge on any atom is -0.497 e. The van der Waals surface area contributed by atoms with Crippen LogP contribution in [0.2, 0.25) is 0 Å². The molecule has 0 amide bonds. The SMILES string of the molecule is COc1ccc(CN(Cc2ccc(OC)cc2)c2nnccc2[C@@H](C)N)cc1. The fraction of sp³-hybridized carbons (Fsp3) is 0.273. The normalized spacial score (nSPS) is 11.7. The molecule has 0 bridgehead atoms. The van der Waals surface area contributed by atoms with E-state index in [1.807, 2.05) is 37.3 Å². The molecule has 2 aromatic carbocycles. The Morgan fingerprint density at radius 3 is 1.79 bits per heavy atom. The van der Waals surface area contributed by atoms with Crippen molar-refractivity contribution in [3.8, 4) is 11.5 Å². The second-order valence-corrected chi connectivity index (χ2v) is 6.65. The van der Waals surface area contributed by atoms with Crippen molar-refractivity contribution in [2.24, 2.45) is 5.73 Å². The van der Waals surface area contributed by atoms with E-state index in [1.165, 1.54) is 0 Å². The van der Waals surface area contributed by atoms with Crippen molar-refractivity contribution in [3.63, 3.8) is 0 Å². The van der Waals surface area contributed by atoms with Crippen LogP contribution in [0.3, 0.4) is 0 Å². The summed E-state index contributed by atoms with van der Waals surface area (Å²) in [6, 6.07) is 17.9. The molecule has 0 aliphatic rings. The highest BCUT2D eigenvalue weighted by Crippen LogP contribution is 2.26. The lowest BCUT2D eigenvalue weighted by Gasteiger charge is -2.26. The van der Waals surface area contributed by atoms with E-state index in [9.17, 15) is 0 Å². The molecule has 3 aromatic rings. The van der Waals surface area contributed by atoms with E-state index < -0.39 is 0 Å². The molecule has 0 unspecified atom stereocenters. The Morgan fingerprint density at radius 1 is 0.857 bits per heavy atom. The fourth-order valence-corrected chi connectivity index (χ4v) is 3.04. The van der Waals surface area contributed by atoms with Gasteiger partial charge in [-0.1, -0.05) is 24.3 Å². The first-order valence-corrected chi connectivity index (χ1v) is 9.18. The summed E-state index contributed by atoms with van der Waals surface area (Å²) in [7, 11) is 3.33. The van der Waals surface area contributed by atoms with Crippen molar-refractivity contribution < 1.29 is 9.47 Å². The van der Waals surface area contributed by atoms with Gasteiger partial charge in [0.1, 0.15) is 11.5 Å². The quantitative estimate of drug-likeness (QED) is 0.644. The largest absolute Gasteiger partial charge is 0.497 e. The van der Waals surface area contributed by atoms with Crippen molar-refractivity contribution >= 4 is 5.82 Å². The third kappa shape index (κ3) is 4.78. The topological polar surface area (TPSA) is 73.5 Å². The van der Waals surface area contributed by atoms with Crippen LogP contribution < -0.4 is 20.1 Å². The molecule has 6 nitrogen and oxygen atoms in total. The first-order chi connectivity index (χ1) is 13.6. The van der Waals surface area contributed by atoms with Gasteiger partial charge in [-0.05, 0) is 48.4 Å². The van der Waals surface area contributed by atoms with Gasteiger partial charge in [-0.15, -0.1) is 5.10 Å². The molecule has 0 aliphatic carbocycles. The zero-order valence-electron chi connectivity index (χ0n) is 16.5. The molecule has 2 N–H and O–H groups in total. The molecule has 6 heteroatoms. The Morgan fingerprint density at radius 2 is 1.36 bits per heavy atom. The van der Waals surface area contributed by atoms with Crippen molar-refractivity contribution in [1.82, 2.24) is 10.2 Å². The van der Waals surface area contributed by atoms with Crippen molar-refractivity contribution in [2.45, 2.75) is 26.1 Å². The lowest BCUT2D eigenvalue weighted by molar-refractivity contribution is 0.414. The van der Waals surface area contributed by atoms with Gasteiger partial charge in [0.05, 0.1) is 20.4 Å². The van der Waals surface area contributed by atoms with Crippen molar-refractivity contribution in [3.05, 3.63) is 77.5 Å². The van der Waals surface area contributed by atoms with Gasteiger partial charge < -0.3 is 20.1 Å². The molecule has 0 saturated carbocycles. The standard InChI is InChI=1S/C22H26N4O2/c1-16(23)21-12-13-24-25-22(21)26(14-17-4-8-19(27-2)9-5-17)15-18-6-10-20(28-3)11-7-18/h4-13,16H,14-15,23H2,1-3H3/t16-/m1/s1. The molecular weight excluding hydrogens is 352 g/mol. The number of rotatable bonds is 8. The third-order valence-corrected chi connectivity index (χ3v) is 4.59. The summed E-state index contributed by atoms with van der Waals surface area (Å²) >= 11 is 0. The third-order valence-electron chi connectivity index (χ3n) is 4.59.